The van der Waals surface area contributed by atoms with E-state index >= 15 is 0 Å². The van der Waals surface area contributed by atoms with Crippen molar-refractivity contribution in [1.82, 2.24) is 0 Å². The van der Waals surface area contributed by atoms with Gasteiger partial charge in [-0.15, -0.1) is 0 Å². The van der Waals surface area contributed by atoms with Gasteiger partial charge in [-0.3, -0.25) is 4.79 Å². The molecule has 0 bridgehead atoms. The predicted molar refractivity (Wildman–Crippen MR) is 112 cm³/mol. The molecule has 136 valence electrons. The molecular weight excluding hydrogens is 352 g/mol. The number of esters is 1. The summed E-state index contributed by atoms with van der Waals surface area (Å²) in [5, 5.41) is 2.31. The third-order valence-electron chi connectivity index (χ3n) is 5.81. The molecule has 3 aromatic rings. The summed E-state index contributed by atoms with van der Waals surface area (Å²) in [4.78, 5) is 14.4. The van der Waals surface area contributed by atoms with Crippen LogP contribution in [-0.2, 0) is 22.1 Å². The molecule has 2 aliphatic rings. The third-order valence-corrected chi connectivity index (χ3v) is 8.36. The van der Waals surface area contributed by atoms with Gasteiger partial charge in [0.2, 0.25) is 0 Å². The van der Waals surface area contributed by atoms with Crippen LogP contribution in [0.15, 0.2) is 65.6 Å². The van der Waals surface area contributed by atoms with Gasteiger partial charge in [0.1, 0.15) is 17.3 Å². The van der Waals surface area contributed by atoms with Crippen LogP contribution in [0.5, 0.6) is 5.75 Å². The molecule has 1 aliphatic heterocycles. The molecule has 5 rings (SSSR count). The van der Waals surface area contributed by atoms with E-state index in [-0.39, 0.29) is 11.9 Å². The van der Waals surface area contributed by atoms with Crippen LogP contribution in [0.3, 0.4) is 0 Å². The second-order valence-corrected chi connectivity index (χ2v) is 9.67. The fraction of sp³-hybridized carbons (Fsp3) is 0.292. The lowest BCUT2D eigenvalue weighted by atomic mass is 10.0. The third kappa shape index (κ3) is 3.04. The number of ether oxygens (including phenoxy) is 1. The van der Waals surface area contributed by atoms with Gasteiger partial charge in [-0.25, -0.2) is 0 Å². The summed E-state index contributed by atoms with van der Waals surface area (Å²) in [5.41, 5.74) is 2.41. The van der Waals surface area contributed by atoms with Gasteiger partial charge in [-0.2, -0.15) is 0 Å². The van der Waals surface area contributed by atoms with Gasteiger partial charge < -0.3 is 4.74 Å². The van der Waals surface area contributed by atoms with E-state index in [2.05, 4.69) is 36.4 Å². The molecule has 0 radical (unpaired) electrons. The molecule has 0 N–H and O–H groups in total. The van der Waals surface area contributed by atoms with E-state index < -0.39 is 0 Å². The molecular formula is C24H23O2S+. The summed E-state index contributed by atoms with van der Waals surface area (Å²) < 4.78 is 5.95. The van der Waals surface area contributed by atoms with E-state index in [0.717, 1.165) is 23.8 Å². The van der Waals surface area contributed by atoms with Crippen LogP contribution in [0, 0.1) is 0 Å². The van der Waals surface area contributed by atoms with Gasteiger partial charge in [0.15, 0.2) is 4.90 Å². The van der Waals surface area contributed by atoms with E-state index in [9.17, 15) is 4.79 Å². The predicted octanol–water partition coefficient (Wildman–Crippen LogP) is 5.25. The highest BCUT2D eigenvalue weighted by molar-refractivity contribution is 7.97. The summed E-state index contributed by atoms with van der Waals surface area (Å²) in [5.74, 6) is 3.02. The maximum absolute atomic E-state index is 12.9. The summed E-state index contributed by atoms with van der Waals surface area (Å²) in [6, 6.07) is 20.8. The number of benzene rings is 3. The SMILES string of the molecule is O=C(Oc1ccc([S+]2CCCC2)c2ccccc12)C1CCc2ccccc21. The van der Waals surface area contributed by atoms with Crippen molar-refractivity contribution in [1.29, 1.82) is 0 Å². The first-order chi connectivity index (χ1) is 13.3. The topological polar surface area (TPSA) is 26.3 Å². The van der Waals surface area contributed by atoms with Gasteiger partial charge in [-0.1, -0.05) is 42.5 Å². The Morgan fingerprint density at radius 2 is 1.63 bits per heavy atom. The maximum atomic E-state index is 12.9. The van der Waals surface area contributed by atoms with Gasteiger partial charge >= 0.3 is 5.97 Å². The molecule has 1 fully saturated rings. The lowest BCUT2D eigenvalue weighted by molar-refractivity contribution is -0.136. The molecule has 1 heterocycles. The lowest BCUT2D eigenvalue weighted by Crippen LogP contribution is -2.17. The summed E-state index contributed by atoms with van der Waals surface area (Å²) in [7, 11) is 0.342. The van der Waals surface area contributed by atoms with E-state index in [1.54, 1.807) is 0 Å². The molecule has 2 nitrogen and oxygen atoms in total. The Morgan fingerprint density at radius 1 is 0.889 bits per heavy atom. The number of hydrogen-bond acceptors (Lipinski definition) is 2. The lowest BCUT2D eigenvalue weighted by Gasteiger charge is -2.14. The summed E-state index contributed by atoms with van der Waals surface area (Å²) in [6.45, 7) is 0. The van der Waals surface area contributed by atoms with Crippen molar-refractivity contribution in [3.05, 3.63) is 71.8 Å². The normalized spacial score (nSPS) is 19.3. The minimum absolute atomic E-state index is 0.124. The number of carbonyl (C=O) groups excluding carboxylic acids is 1. The summed E-state index contributed by atoms with van der Waals surface area (Å²) >= 11 is 0. The minimum atomic E-state index is -0.142. The average molecular weight is 376 g/mol. The van der Waals surface area contributed by atoms with E-state index in [1.807, 2.05) is 24.3 Å². The molecule has 1 saturated heterocycles. The Hall–Kier alpha value is -2.26. The molecule has 1 aliphatic carbocycles. The van der Waals surface area contributed by atoms with Crippen LogP contribution in [0.4, 0.5) is 0 Å². The second kappa shape index (κ2) is 7.05. The zero-order valence-electron chi connectivity index (χ0n) is 15.3. The number of hydrogen-bond donors (Lipinski definition) is 0. The zero-order chi connectivity index (χ0) is 18.2. The number of fused-ring (bicyclic) bond motifs is 2. The summed E-state index contributed by atoms with van der Waals surface area (Å²) in [6.07, 6.45) is 4.46. The number of rotatable bonds is 3. The molecule has 0 amide bonds. The quantitative estimate of drug-likeness (QED) is 0.355. The highest BCUT2D eigenvalue weighted by atomic mass is 32.2. The largest absolute Gasteiger partial charge is 0.425 e. The Balaban J connectivity index is 1.47. The standard InChI is InChI=1S/C24H23O2S/c25-24(21-12-11-17-7-1-2-8-18(17)21)26-22-13-14-23(27-15-5-6-16-27)20-10-4-3-9-19(20)22/h1-4,7-10,13-14,21H,5-6,11-12,15-16H2/q+1. The van der Waals surface area contributed by atoms with Crippen LogP contribution in [0.25, 0.3) is 10.8 Å². The molecule has 1 atom stereocenters. The zero-order valence-corrected chi connectivity index (χ0v) is 16.1. The first-order valence-corrected chi connectivity index (χ1v) is 11.4. The van der Waals surface area contributed by atoms with Crippen LogP contribution in [0.1, 0.15) is 36.3 Å². The molecule has 27 heavy (non-hydrogen) atoms. The molecule has 0 spiro atoms. The van der Waals surface area contributed by atoms with Crippen molar-refractivity contribution >= 4 is 27.6 Å². The van der Waals surface area contributed by atoms with Crippen molar-refractivity contribution in [2.45, 2.75) is 36.5 Å². The van der Waals surface area contributed by atoms with Crippen LogP contribution in [0.2, 0.25) is 0 Å². The maximum Gasteiger partial charge on any atom is 0.318 e. The van der Waals surface area contributed by atoms with Crippen LogP contribution < -0.4 is 4.74 Å². The first-order valence-electron chi connectivity index (χ1n) is 9.80. The van der Waals surface area contributed by atoms with Crippen molar-refractivity contribution in [3.8, 4) is 5.75 Å². The Morgan fingerprint density at radius 3 is 2.48 bits per heavy atom. The van der Waals surface area contributed by atoms with Crippen LogP contribution in [-0.4, -0.2) is 17.5 Å². The number of aryl methyl sites for hydroxylation is 1. The molecule has 0 aromatic heterocycles. The molecule has 3 aromatic carbocycles. The Bertz CT molecular complexity index is 1000. The second-order valence-electron chi connectivity index (χ2n) is 7.43. The van der Waals surface area contributed by atoms with Crippen molar-refractivity contribution in [2.24, 2.45) is 0 Å². The fourth-order valence-electron chi connectivity index (χ4n) is 4.44. The van der Waals surface area contributed by atoms with Crippen molar-refractivity contribution in [3.63, 3.8) is 0 Å². The molecule has 0 saturated carbocycles. The van der Waals surface area contributed by atoms with E-state index in [4.69, 9.17) is 4.74 Å². The molecule has 3 heteroatoms. The highest BCUT2D eigenvalue weighted by Gasteiger charge is 2.32. The fourth-order valence-corrected chi connectivity index (χ4v) is 6.94. The monoisotopic (exact) mass is 375 g/mol. The Kier molecular flexibility index (Phi) is 4.41. The highest BCUT2D eigenvalue weighted by Crippen LogP contribution is 2.37. The van der Waals surface area contributed by atoms with E-state index in [0.29, 0.717) is 16.6 Å². The average Bonchev–Trinajstić information content (AvgIpc) is 3.38. The van der Waals surface area contributed by atoms with Crippen LogP contribution >= 0.6 is 0 Å². The smallest absolute Gasteiger partial charge is 0.318 e. The minimum Gasteiger partial charge on any atom is -0.425 e. The van der Waals surface area contributed by atoms with Gasteiger partial charge in [0, 0.05) is 21.7 Å². The Labute approximate surface area is 162 Å². The van der Waals surface area contributed by atoms with Crippen molar-refractivity contribution in [2.75, 3.05) is 11.5 Å². The van der Waals surface area contributed by atoms with Crippen molar-refractivity contribution < 1.29 is 9.53 Å². The first kappa shape index (κ1) is 16.9. The molecule has 1 unspecified atom stereocenters. The van der Waals surface area contributed by atoms with Gasteiger partial charge in [0.05, 0.1) is 5.92 Å². The van der Waals surface area contributed by atoms with Gasteiger partial charge in [-0.05, 0) is 55.0 Å². The van der Waals surface area contributed by atoms with E-state index in [1.165, 1.54) is 40.2 Å². The van der Waals surface area contributed by atoms with Gasteiger partial charge in [0.25, 0.3) is 0 Å². The number of carbonyl (C=O) groups is 1.